The number of hydrogen-bond donors (Lipinski definition) is 0. The van der Waals surface area contributed by atoms with Gasteiger partial charge in [0.15, 0.2) is 11.6 Å². The van der Waals surface area contributed by atoms with Crippen LogP contribution >= 0.6 is 0 Å². The lowest BCUT2D eigenvalue weighted by Crippen LogP contribution is -2.06. The highest BCUT2D eigenvalue weighted by atomic mass is 16.3. The van der Waals surface area contributed by atoms with E-state index in [9.17, 15) is 0 Å². The quantitative estimate of drug-likeness (QED) is 0.177. The molecule has 8 aromatic carbocycles. The Bertz CT molecular complexity index is 3520. The van der Waals surface area contributed by atoms with Crippen molar-refractivity contribution in [2.24, 2.45) is 0 Å². The standard InChI is InChI=1S/C51H31N5O/c1-3-14-32(15-4-1)33-16-13-17-34(28-33)49-52-50(35-26-27-40-39-22-9-12-25-47(39)57-48(40)29-35)54-51(53-49)56-44-24-11-8-21-38(44)42-30-41-37-20-7-10-23-43(37)55(45(41)31-46(42)56)36-18-5-2-6-19-36/h1-31H. The predicted octanol–water partition coefficient (Wildman–Crippen LogP) is 13.0. The molecule has 0 aliphatic carbocycles. The van der Waals surface area contributed by atoms with E-state index in [0.717, 1.165) is 82.7 Å². The van der Waals surface area contributed by atoms with Crippen molar-refractivity contribution in [1.82, 2.24) is 24.1 Å². The van der Waals surface area contributed by atoms with Crippen molar-refractivity contribution >= 4 is 65.6 Å². The Morgan fingerprint density at radius 3 is 1.63 bits per heavy atom. The lowest BCUT2D eigenvalue weighted by atomic mass is 10.0. The van der Waals surface area contributed by atoms with Crippen LogP contribution in [0.4, 0.5) is 0 Å². The van der Waals surface area contributed by atoms with E-state index >= 15 is 0 Å². The molecule has 0 aliphatic rings. The van der Waals surface area contributed by atoms with Gasteiger partial charge in [0, 0.05) is 49.1 Å². The maximum Gasteiger partial charge on any atom is 0.238 e. The van der Waals surface area contributed by atoms with Crippen LogP contribution in [0.15, 0.2) is 192 Å². The molecular weight excluding hydrogens is 699 g/mol. The number of fused-ring (bicyclic) bond motifs is 9. The molecule has 0 bridgehead atoms. The number of furan rings is 1. The van der Waals surface area contributed by atoms with Gasteiger partial charge >= 0.3 is 0 Å². The summed E-state index contributed by atoms with van der Waals surface area (Å²) in [6, 6.07) is 65.6. The first-order chi connectivity index (χ1) is 28.2. The zero-order valence-electron chi connectivity index (χ0n) is 30.5. The Morgan fingerprint density at radius 2 is 0.877 bits per heavy atom. The van der Waals surface area contributed by atoms with Crippen LogP contribution in [-0.2, 0) is 0 Å². The van der Waals surface area contributed by atoms with Gasteiger partial charge < -0.3 is 8.98 Å². The van der Waals surface area contributed by atoms with Gasteiger partial charge in [-0.2, -0.15) is 9.97 Å². The molecule has 57 heavy (non-hydrogen) atoms. The molecule has 12 aromatic rings. The molecule has 0 saturated heterocycles. The molecule has 0 atom stereocenters. The van der Waals surface area contributed by atoms with Crippen molar-refractivity contribution in [1.29, 1.82) is 0 Å². The third-order valence-corrected chi connectivity index (χ3v) is 11.2. The van der Waals surface area contributed by atoms with Crippen molar-refractivity contribution in [3.05, 3.63) is 188 Å². The van der Waals surface area contributed by atoms with Crippen molar-refractivity contribution in [3.63, 3.8) is 0 Å². The first-order valence-corrected chi connectivity index (χ1v) is 19.1. The van der Waals surface area contributed by atoms with Crippen molar-refractivity contribution in [2.45, 2.75) is 0 Å². The van der Waals surface area contributed by atoms with Crippen molar-refractivity contribution < 1.29 is 4.42 Å². The average molecular weight is 730 g/mol. The van der Waals surface area contributed by atoms with Gasteiger partial charge in [-0.1, -0.05) is 127 Å². The number of hydrogen-bond acceptors (Lipinski definition) is 4. The molecule has 0 fully saturated rings. The minimum Gasteiger partial charge on any atom is -0.456 e. The zero-order chi connectivity index (χ0) is 37.5. The first kappa shape index (κ1) is 31.5. The summed E-state index contributed by atoms with van der Waals surface area (Å²) in [7, 11) is 0. The number of nitrogens with zero attached hydrogens (tertiary/aromatic N) is 5. The fraction of sp³-hybridized carbons (Fsp3) is 0. The van der Waals surface area contributed by atoms with Crippen molar-refractivity contribution in [2.75, 3.05) is 0 Å². The van der Waals surface area contributed by atoms with Gasteiger partial charge in [0.25, 0.3) is 0 Å². The second-order valence-electron chi connectivity index (χ2n) is 14.5. The Kier molecular flexibility index (Phi) is 6.83. The molecule has 0 aliphatic heterocycles. The summed E-state index contributed by atoms with van der Waals surface area (Å²) >= 11 is 0. The van der Waals surface area contributed by atoms with Crippen LogP contribution in [0.5, 0.6) is 0 Å². The fourth-order valence-corrected chi connectivity index (χ4v) is 8.56. The summed E-state index contributed by atoms with van der Waals surface area (Å²) in [6.07, 6.45) is 0. The van der Waals surface area contributed by atoms with Gasteiger partial charge in [-0.25, -0.2) is 4.98 Å². The third-order valence-electron chi connectivity index (χ3n) is 11.2. The number of benzene rings is 8. The normalized spacial score (nSPS) is 11.9. The van der Waals surface area contributed by atoms with E-state index in [-0.39, 0.29) is 0 Å². The van der Waals surface area contributed by atoms with Gasteiger partial charge in [0.05, 0.1) is 22.1 Å². The summed E-state index contributed by atoms with van der Waals surface area (Å²) in [4.78, 5) is 15.8. The summed E-state index contributed by atoms with van der Waals surface area (Å²) < 4.78 is 10.9. The van der Waals surface area contributed by atoms with Crippen LogP contribution < -0.4 is 0 Å². The topological polar surface area (TPSA) is 61.7 Å². The molecular formula is C51H31N5O. The second kappa shape index (κ2) is 12.3. The minimum atomic E-state index is 0.540. The maximum absolute atomic E-state index is 6.35. The highest BCUT2D eigenvalue weighted by molar-refractivity contribution is 6.19. The van der Waals surface area contributed by atoms with Crippen LogP contribution in [0.25, 0.3) is 111 Å². The predicted molar refractivity (Wildman–Crippen MR) is 232 cm³/mol. The summed E-state index contributed by atoms with van der Waals surface area (Å²) in [5, 5.41) is 6.80. The van der Waals surface area contributed by atoms with Gasteiger partial charge in [-0.05, 0) is 71.8 Å². The molecule has 266 valence electrons. The molecule has 0 unspecified atom stereocenters. The molecule has 6 nitrogen and oxygen atoms in total. The molecule has 0 radical (unpaired) electrons. The Morgan fingerprint density at radius 1 is 0.316 bits per heavy atom. The van der Waals surface area contributed by atoms with Crippen LogP contribution in [-0.4, -0.2) is 24.1 Å². The van der Waals surface area contributed by atoms with Gasteiger partial charge in [0.2, 0.25) is 5.95 Å². The number of rotatable bonds is 5. The Hall–Kier alpha value is -7.83. The van der Waals surface area contributed by atoms with E-state index in [4.69, 9.17) is 19.4 Å². The van der Waals surface area contributed by atoms with E-state index < -0.39 is 0 Å². The van der Waals surface area contributed by atoms with Crippen molar-refractivity contribution in [3.8, 4) is 45.5 Å². The highest BCUT2D eigenvalue weighted by Gasteiger charge is 2.21. The number of aromatic nitrogens is 5. The average Bonchev–Trinajstić information content (AvgIpc) is 3.93. The third kappa shape index (κ3) is 4.94. The van der Waals surface area contributed by atoms with Crippen LogP contribution in [0, 0.1) is 0 Å². The molecule has 6 heteroatoms. The zero-order valence-corrected chi connectivity index (χ0v) is 30.5. The second-order valence-corrected chi connectivity index (χ2v) is 14.5. The van der Waals surface area contributed by atoms with E-state index in [2.05, 4.69) is 167 Å². The Balaban J connectivity index is 1.15. The molecule has 0 saturated carbocycles. The largest absolute Gasteiger partial charge is 0.456 e. The molecule has 4 heterocycles. The van der Waals surface area contributed by atoms with Gasteiger partial charge in [-0.15, -0.1) is 0 Å². The molecule has 0 amide bonds. The van der Waals surface area contributed by atoms with Gasteiger partial charge in [-0.3, -0.25) is 4.57 Å². The Labute approximate surface area is 326 Å². The SMILES string of the molecule is c1ccc(-c2cccc(-c3nc(-c4ccc5c(c4)oc4ccccc45)nc(-n4c5ccccc5c5cc6c7ccccc7n(-c7ccccc7)c6cc54)n3)c2)cc1. The summed E-state index contributed by atoms with van der Waals surface area (Å²) in [6.45, 7) is 0. The van der Waals surface area contributed by atoms with Crippen LogP contribution in [0.2, 0.25) is 0 Å². The first-order valence-electron chi connectivity index (χ1n) is 19.1. The smallest absolute Gasteiger partial charge is 0.238 e. The minimum absolute atomic E-state index is 0.540. The maximum atomic E-state index is 6.35. The molecule has 0 N–H and O–H groups in total. The summed E-state index contributed by atoms with van der Waals surface area (Å²) in [5.41, 5.74) is 11.0. The monoisotopic (exact) mass is 729 g/mol. The van der Waals surface area contributed by atoms with Gasteiger partial charge in [0.1, 0.15) is 11.2 Å². The van der Waals surface area contributed by atoms with Crippen LogP contribution in [0.3, 0.4) is 0 Å². The van der Waals surface area contributed by atoms with E-state index in [1.165, 1.54) is 10.8 Å². The molecule has 0 spiro atoms. The lowest BCUT2D eigenvalue weighted by Gasteiger charge is -2.12. The van der Waals surface area contributed by atoms with E-state index in [1.54, 1.807) is 0 Å². The molecule has 12 rings (SSSR count). The van der Waals surface area contributed by atoms with E-state index in [0.29, 0.717) is 17.6 Å². The highest BCUT2D eigenvalue weighted by Crippen LogP contribution is 2.40. The lowest BCUT2D eigenvalue weighted by molar-refractivity contribution is 0.669. The fourth-order valence-electron chi connectivity index (χ4n) is 8.56. The van der Waals surface area contributed by atoms with E-state index in [1.807, 2.05) is 30.3 Å². The van der Waals surface area contributed by atoms with Crippen LogP contribution in [0.1, 0.15) is 0 Å². The summed E-state index contributed by atoms with van der Waals surface area (Å²) in [5.74, 6) is 1.69. The number of para-hydroxylation sites is 4. The molecule has 4 aromatic heterocycles.